The Labute approximate surface area is 152 Å². The molecule has 8 heteroatoms. The van der Waals surface area contributed by atoms with Crippen LogP contribution in [0.25, 0.3) is 0 Å². The van der Waals surface area contributed by atoms with Crippen molar-refractivity contribution in [3.05, 3.63) is 63.7 Å². The molecule has 0 aliphatic heterocycles. The van der Waals surface area contributed by atoms with Gasteiger partial charge >= 0.3 is 0 Å². The van der Waals surface area contributed by atoms with Crippen LogP contribution in [0.15, 0.2) is 53.4 Å². The van der Waals surface area contributed by atoms with Gasteiger partial charge in [0, 0.05) is 22.4 Å². The molecule has 2 atom stereocenters. The third kappa shape index (κ3) is 3.83. The number of nitrogens with zero attached hydrogens (tertiary/aromatic N) is 1. The summed E-state index contributed by atoms with van der Waals surface area (Å²) in [4.78, 5) is 36.2. The molecule has 1 fully saturated rings. The van der Waals surface area contributed by atoms with E-state index in [1.165, 1.54) is 30.0 Å². The third-order valence-electron chi connectivity index (χ3n) is 3.80. The van der Waals surface area contributed by atoms with E-state index >= 15 is 0 Å². The zero-order chi connectivity index (χ0) is 18.0. The normalized spacial score (nSPS) is 19.9. The number of ketones is 2. The van der Waals surface area contributed by atoms with Crippen LogP contribution in [0.3, 0.4) is 0 Å². The van der Waals surface area contributed by atoms with E-state index in [0.29, 0.717) is 5.02 Å². The first kappa shape index (κ1) is 17.4. The highest BCUT2D eigenvalue weighted by Gasteiger charge is 2.42. The van der Waals surface area contributed by atoms with Crippen molar-refractivity contribution in [2.45, 2.75) is 22.6 Å². The number of nitro benzene ring substituents is 1. The standard InChI is InChI=1S/C17H13ClN2O4S/c18-10-5-7-11(8-6-10)25-15-9-14(21)16(17(15)22)19-12-3-1-2-4-13(12)20(23)24/h1-8,15-16,19H,9H2/t15-,16+/m0/s1. The Balaban J connectivity index is 1.76. The summed E-state index contributed by atoms with van der Waals surface area (Å²) in [5.74, 6) is -0.544. The number of anilines is 1. The fourth-order valence-electron chi connectivity index (χ4n) is 2.58. The predicted molar refractivity (Wildman–Crippen MR) is 96.2 cm³/mol. The molecule has 0 amide bonds. The summed E-state index contributed by atoms with van der Waals surface area (Å²) in [7, 11) is 0. The van der Waals surface area contributed by atoms with Gasteiger partial charge in [-0.15, -0.1) is 11.8 Å². The molecule has 0 bridgehead atoms. The molecule has 0 heterocycles. The number of nitrogens with one attached hydrogen (secondary N) is 1. The molecule has 2 aromatic rings. The van der Waals surface area contributed by atoms with E-state index in [9.17, 15) is 19.7 Å². The Morgan fingerprint density at radius 1 is 1.12 bits per heavy atom. The maximum absolute atomic E-state index is 12.6. The zero-order valence-electron chi connectivity index (χ0n) is 12.8. The highest BCUT2D eigenvalue weighted by atomic mass is 35.5. The summed E-state index contributed by atoms with van der Waals surface area (Å²) in [5, 5.41) is 13.9. The lowest BCUT2D eigenvalue weighted by atomic mass is 10.2. The number of rotatable bonds is 5. The van der Waals surface area contributed by atoms with E-state index in [-0.39, 0.29) is 29.4 Å². The number of carbonyl (C=O) groups excluding carboxylic acids is 2. The second kappa shape index (κ2) is 7.25. The van der Waals surface area contributed by atoms with E-state index in [2.05, 4.69) is 5.32 Å². The highest BCUT2D eigenvalue weighted by molar-refractivity contribution is 8.00. The molecule has 0 saturated heterocycles. The molecular weight excluding hydrogens is 364 g/mol. The lowest BCUT2D eigenvalue weighted by Gasteiger charge is -2.12. The molecule has 1 N–H and O–H groups in total. The number of benzene rings is 2. The summed E-state index contributed by atoms with van der Waals surface area (Å²) in [6.07, 6.45) is 0.0877. The summed E-state index contributed by atoms with van der Waals surface area (Å²) < 4.78 is 0. The fraction of sp³-hybridized carbons (Fsp3) is 0.176. The summed E-state index contributed by atoms with van der Waals surface area (Å²) in [5.41, 5.74) is -0.00625. The van der Waals surface area contributed by atoms with Crippen molar-refractivity contribution in [2.24, 2.45) is 0 Å². The Morgan fingerprint density at radius 3 is 2.48 bits per heavy atom. The second-order valence-electron chi connectivity index (χ2n) is 5.48. The zero-order valence-corrected chi connectivity index (χ0v) is 14.4. The van der Waals surface area contributed by atoms with Gasteiger partial charge in [0.05, 0.1) is 10.2 Å². The quantitative estimate of drug-likeness (QED) is 0.486. The van der Waals surface area contributed by atoms with Crippen molar-refractivity contribution >= 4 is 46.3 Å². The summed E-state index contributed by atoms with van der Waals surface area (Å²) in [6.45, 7) is 0. The van der Waals surface area contributed by atoms with Crippen LogP contribution in [0, 0.1) is 10.1 Å². The van der Waals surface area contributed by atoms with Gasteiger partial charge in [0.25, 0.3) is 5.69 Å². The minimum Gasteiger partial charge on any atom is -0.364 e. The molecule has 25 heavy (non-hydrogen) atoms. The van der Waals surface area contributed by atoms with Crippen molar-refractivity contribution in [2.75, 3.05) is 5.32 Å². The van der Waals surface area contributed by atoms with E-state index in [0.717, 1.165) is 4.90 Å². The van der Waals surface area contributed by atoms with Gasteiger partial charge in [0.1, 0.15) is 11.7 Å². The number of para-hydroxylation sites is 2. The topological polar surface area (TPSA) is 89.3 Å². The first-order valence-electron chi connectivity index (χ1n) is 7.44. The highest BCUT2D eigenvalue weighted by Crippen LogP contribution is 2.34. The Kier molecular flexibility index (Phi) is 5.06. The minimum atomic E-state index is -1.06. The molecular formula is C17H13ClN2O4S. The van der Waals surface area contributed by atoms with Gasteiger partial charge in [0.15, 0.2) is 11.6 Å². The Hall–Kier alpha value is -2.38. The largest absolute Gasteiger partial charge is 0.364 e. The van der Waals surface area contributed by atoms with E-state index in [1.807, 2.05) is 0 Å². The number of hydrogen-bond donors (Lipinski definition) is 1. The first-order chi connectivity index (χ1) is 12.0. The van der Waals surface area contributed by atoms with Crippen LogP contribution in [0.2, 0.25) is 5.02 Å². The molecule has 1 aliphatic carbocycles. The lowest BCUT2D eigenvalue weighted by Crippen LogP contribution is -2.32. The van der Waals surface area contributed by atoms with Gasteiger partial charge < -0.3 is 5.32 Å². The van der Waals surface area contributed by atoms with Crippen molar-refractivity contribution in [3.63, 3.8) is 0 Å². The minimum absolute atomic E-state index is 0.0877. The molecule has 3 rings (SSSR count). The van der Waals surface area contributed by atoms with Crippen LogP contribution < -0.4 is 5.32 Å². The lowest BCUT2D eigenvalue weighted by molar-refractivity contribution is -0.384. The van der Waals surface area contributed by atoms with Crippen LogP contribution in [0.4, 0.5) is 11.4 Å². The molecule has 6 nitrogen and oxygen atoms in total. The Morgan fingerprint density at radius 2 is 1.80 bits per heavy atom. The average molecular weight is 377 g/mol. The van der Waals surface area contributed by atoms with E-state index in [1.54, 1.807) is 30.3 Å². The van der Waals surface area contributed by atoms with Gasteiger partial charge in [0.2, 0.25) is 0 Å². The summed E-state index contributed by atoms with van der Waals surface area (Å²) in [6, 6.07) is 11.9. The number of nitro groups is 1. The van der Waals surface area contributed by atoms with Crippen LogP contribution in [0.1, 0.15) is 6.42 Å². The van der Waals surface area contributed by atoms with Crippen LogP contribution in [-0.2, 0) is 9.59 Å². The fourth-order valence-corrected chi connectivity index (χ4v) is 3.83. The maximum atomic E-state index is 12.6. The second-order valence-corrected chi connectivity index (χ2v) is 7.20. The van der Waals surface area contributed by atoms with Gasteiger partial charge in [-0.3, -0.25) is 19.7 Å². The van der Waals surface area contributed by atoms with Crippen molar-refractivity contribution in [1.82, 2.24) is 0 Å². The third-order valence-corrected chi connectivity index (χ3v) is 5.28. The number of thioether (sulfide) groups is 1. The number of halogens is 1. The van der Waals surface area contributed by atoms with Crippen molar-refractivity contribution in [1.29, 1.82) is 0 Å². The molecule has 0 unspecified atom stereocenters. The molecule has 0 radical (unpaired) electrons. The van der Waals surface area contributed by atoms with E-state index < -0.39 is 16.2 Å². The van der Waals surface area contributed by atoms with Crippen molar-refractivity contribution in [3.8, 4) is 0 Å². The van der Waals surface area contributed by atoms with Crippen LogP contribution in [0.5, 0.6) is 0 Å². The van der Waals surface area contributed by atoms with Gasteiger partial charge in [-0.2, -0.15) is 0 Å². The smallest absolute Gasteiger partial charge is 0.292 e. The molecule has 128 valence electrons. The van der Waals surface area contributed by atoms with Gasteiger partial charge in [-0.05, 0) is 30.3 Å². The number of Topliss-reactive ketones (excluding diaryl/α,β-unsaturated/α-hetero) is 2. The van der Waals surface area contributed by atoms with Crippen molar-refractivity contribution < 1.29 is 14.5 Å². The van der Waals surface area contributed by atoms with E-state index in [4.69, 9.17) is 11.6 Å². The van der Waals surface area contributed by atoms with Gasteiger partial charge in [-0.1, -0.05) is 23.7 Å². The van der Waals surface area contributed by atoms with Crippen LogP contribution >= 0.6 is 23.4 Å². The number of carbonyl (C=O) groups is 2. The van der Waals surface area contributed by atoms with Crippen LogP contribution in [-0.4, -0.2) is 27.8 Å². The Bertz CT molecular complexity index is 841. The predicted octanol–water partition coefficient (Wildman–Crippen LogP) is 3.73. The van der Waals surface area contributed by atoms with Gasteiger partial charge in [-0.25, -0.2) is 0 Å². The SMILES string of the molecule is O=C1C[C@H](Sc2ccc(Cl)cc2)C(=O)[C@@H]1Nc1ccccc1[N+](=O)[O-]. The molecule has 0 spiro atoms. The number of hydrogen-bond acceptors (Lipinski definition) is 6. The average Bonchev–Trinajstić information content (AvgIpc) is 2.85. The molecule has 0 aromatic heterocycles. The monoisotopic (exact) mass is 376 g/mol. The molecule has 1 saturated carbocycles. The maximum Gasteiger partial charge on any atom is 0.292 e. The molecule has 1 aliphatic rings. The first-order valence-corrected chi connectivity index (χ1v) is 8.70. The molecule has 2 aromatic carbocycles. The summed E-state index contributed by atoms with van der Waals surface area (Å²) >= 11 is 7.13.